The summed E-state index contributed by atoms with van der Waals surface area (Å²) in [6.07, 6.45) is 3.85. The van der Waals surface area contributed by atoms with Gasteiger partial charge in [-0.1, -0.05) is 32.0 Å². The number of nitrogens with two attached hydrogens (primary N) is 2. The number of hydrogen-bond donors (Lipinski definition) is 7. The number of benzene rings is 1. The second-order valence-corrected chi connectivity index (χ2v) is 11.1. The van der Waals surface area contributed by atoms with Gasteiger partial charge in [-0.2, -0.15) is 11.8 Å². The fraction of sp³-hybridized carbons (Fsp3) is 0.519. The quantitative estimate of drug-likeness (QED) is 0.142. The van der Waals surface area contributed by atoms with Crippen molar-refractivity contribution in [2.45, 2.75) is 70.1 Å². The maximum Gasteiger partial charge on any atom is 0.326 e. The molecule has 0 spiro atoms. The third-order valence-corrected chi connectivity index (χ3v) is 6.98. The predicted molar refractivity (Wildman–Crippen MR) is 154 cm³/mol. The minimum atomic E-state index is -1.30. The molecule has 0 aliphatic rings. The lowest BCUT2D eigenvalue weighted by Crippen LogP contribution is -2.57. The van der Waals surface area contributed by atoms with Gasteiger partial charge in [0.1, 0.15) is 18.1 Å². The van der Waals surface area contributed by atoms with Gasteiger partial charge in [-0.15, -0.1) is 0 Å². The summed E-state index contributed by atoms with van der Waals surface area (Å²) in [5.74, 6) is -3.15. The molecule has 9 N–H and O–H groups in total. The van der Waals surface area contributed by atoms with E-state index < -0.39 is 53.8 Å². The first-order chi connectivity index (χ1) is 18.9. The SMILES string of the molecule is CSCCC(NC(=O)C(N)CC(C)C)C(=O)NC(CCC(N)=O)C(=O)NC(Cc1c[nH]c2ccccc12)C(=O)O. The van der Waals surface area contributed by atoms with Crippen molar-refractivity contribution in [2.24, 2.45) is 17.4 Å². The van der Waals surface area contributed by atoms with Gasteiger partial charge in [-0.05, 0) is 48.8 Å². The maximum absolute atomic E-state index is 13.2. The van der Waals surface area contributed by atoms with Crippen LogP contribution in [0.2, 0.25) is 0 Å². The number of H-pyrrole nitrogens is 1. The molecule has 0 bridgehead atoms. The van der Waals surface area contributed by atoms with E-state index in [0.29, 0.717) is 17.7 Å². The van der Waals surface area contributed by atoms with Crippen molar-refractivity contribution in [3.8, 4) is 0 Å². The van der Waals surface area contributed by atoms with E-state index in [4.69, 9.17) is 11.5 Å². The largest absolute Gasteiger partial charge is 0.480 e. The molecule has 2 rings (SSSR count). The van der Waals surface area contributed by atoms with E-state index in [-0.39, 0.29) is 31.6 Å². The smallest absolute Gasteiger partial charge is 0.326 e. The third-order valence-electron chi connectivity index (χ3n) is 6.33. The predicted octanol–water partition coefficient (Wildman–Crippen LogP) is 0.641. The number of aromatic amines is 1. The fourth-order valence-corrected chi connectivity index (χ4v) is 4.69. The topological polar surface area (TPSA) is 209 Å². The second kappa shape index (κ2) is 15.9. The Bertz CT molecular complexity index is 1190. The van der Waals surface area contributed by atoms with Gasteiger partial charge < -0.3 is 37.5 Å². The van der Waals surface area contributed by atoms with Gasteiger partial charge in [-0.3, -0.25) is 19.2 Å². The molecule has 0 saturated carbocycles. The molecule has 40 heavy (non-hydrogen) atoms. The number of thioether (sulfide) groups is 1. The number of carboxylic acids is 1. The molecule has 0 aliphatic carbocycles. The highest BCUT2D eigenvalue weighted by Gasteiger charge is 2.31. The standard InChI is InChI=1S/C27H40N6O6S/c1-15(2)12-18(28)24(35)31-21(10-11-40-3)26(37)32-20(8-9-23(29)34)25(36)33-22(27(38)39)13-16-14-30-19-7-5-4-6-17(16)19/h4-7,14-15,18,20-22,30H,8-13,28H2,1-3H3,(H2,29,34)(H,31,35)(H,32,37)(H,33,36)(H,38,39). The van der Waals surface area contributed by atoms with E-state index in [2.05, 4.69) is 20.9 Å². The number of primary amides is 1. The minimum Gasteiger partial charge on any atom is -0.480 e. The van der Waals surface area contributed by atoms with Crippen LogP contribution in [0.4, 0.5) is 0 Å². The van der Waals surface area contributed by atoms with Gasteiger partial charge in [0.2, 0.25) is 23.6 Å². The first-order valence-electron chi connectivity index (χ1n) is 13.1. The van der Waals surface area contributed by atoms with Gasteiger partial charge in [0.05, 0.1) is 6.04 Å². The zero-order valence-corrected chi connectivity index (χ0v) is 23.9. The van der Waals surface area contributed by atoms with E-state index in [1.807, 2.05) is 44.4 Å². The summed E-state index contributed by atoms with van der Waals surface area (Å²) in [4.78, 5) is 65.7. The van der Waals surface area contributed by atoms with E-state index in [1.54, 1.807) is 6.20 Å². The van der Waals surface area contributed by atoms with Crippen molar-refractivity contribution in [3.05, 3.63) is 36.0 Å². The van der Waals surface area contributed by atoms with Crippen LogP contribution in [0.25, 0.3) is 10.9 Å². The molecule has 1 aromatic carbocycles. The Balaban J connectivity index is 2.18. The monoisotopic (exact) mass is 576 g/mol. The lowest BCUT2D eigenvalue weighted by Gasteiger charge is -2.25. The molecule has 13 heteroatoms. The molecule has 4 atom stereocenters. The molecule has 1 heterocycles. The first kappa shape index (κ1) is 32.6. The van der Waals surface area contributed by atoms with Crippen molar-refractivity contribution in [3.63, 3.8) is 0 Å². The van der Waals surface area contributed by atoms with E-state index in [0.717, 1.165) is 10.9 Å². The highest BCUT2D eigenvalue weighted by Crippen LogP contribution is 2.19. The van der Waals surface area contributed by atoms with Gasteiger partial charge in [0.15, 0.2) is 0 Å². The lowest BCUT2D eigenvalue weighted by atomic mass is 10.0. The van der Waals surface area contributed by atoms with E-state index >= 15 is 0 Å². The summed E-state index contributed by atoms with van der Waals surface area (Å²) >= 11 is 1.48. The highest BCUT2D eigenvalue weighted by atomic mass is 32.2. The van der Waals surface area contributed by atoms with Crippen LogP contribution < -0.4 is 27.4 Å². The van der Waals surface area contributed by atoms with Crippen LogP contribution in [0.15, 0.2) is 30.5 Å². The zero-order chi connectivity index (χ0) is 29.8. The van der Waals surface area contributed by atoms with Crippen LogP contribution in [-0.2, 0) is 30.4 Å². The summed E-state index contributed by atoms with van der Waals surface area (Å²) < 4.78 is 0. The summed E-state index contributed by atoms with van der Waals surface area (Å²) in [6, 6.07) is 3.01. The maximum atomic E-state index is 13.2. The van der Waals surface area contributed by atoms with Crippen LogP contribution in [0, 0.1) is 5.92 Å². The molecule has 220 valence electrons. The van der Waals surface area contributed by atoms with Crippen molar-refractivity contribution in [1.82, 2.24) is 20.9 Å². The van der Waals surface area contributed by atoms with Crippen LogP contribution in [0.3, 0.4) is 0 Å². The lowest BCUT2D eigenvalue weighted by molar-refractivity contribution is -0.142. The van der Waals surface area contributed by atoms with E-state index in [9.17, 15) is 29.1 Å². The molecule has 0 saturated heterocycles. The zero-order valence-electron chi connectivity index (χ0n) is 23.1. The van der Waals surface area contributed by atoms with Gasteiger partial charge in [0.25, 0.3) is 0 Å². The number of fused-ring (bicyclic) bond motifs is 1. The van der Waals surface area contributed by atoms with Crippen molar-refractivity contribution >= 4 is 52.3 Å². The Morgan fingerprint density at radius 2 is 1.55 bits per heavy atom. The number of carbonyl (C=O) groups excluding carboxylic acids is 4. The van der Waals surface area contributed by atoms with Crippen LogP contribution in [-0.4, -0.2) is 75.9 Å². The Morgan fingerprint density at radius 3 is 2.15 bits per heavy atom. The molecule has 1 aromatic heterocycles. The number of rotatable bonds is 17. The first-order valence-corrected chi connectivity index (χ1v) is 14.5. The second-order valence-electron chi connectivity index (χ2n) is 10.1. The Labute approximate surface area is 237 Å². The highest BCUT2D eigenvalue weighted by molar-refractivity contribution is 7.98. The molecule has 4 unspecified atom stereocenters. The molecular formula is C27H40N6O6S. The average Bonchev–Trinajstić information content (AvgIpc) is 3.30. The third kappa shape index (κ3) is 10.2. The molecule has 2 aromatic rings. The van der Waals surface area contributed by atoms with Crippen molar-refractivity contribution in [1.29, 1.82) is 0 Å². The Kier molecular flexibility index (Phi) is 12.9. The summed E-state index contributed by atoms with van der Waals surface area (Å²) in [5.41, 5.74) is 12.8. The summed E-state index contributed by atoms with van der Waals surface area (Å²) in [6.45, 7) is 3.85. The number of aromatic nitrogens is 1. The summed E-state index contributed by atoms with van der Waals surface area (Å²) in [7, 11) is 0. The number of carbonyl (C=O) groups is 5. The molecule has 0 radical (unpaired) electrons. The molecule has 4 amide bonds. The van der Waals surface area contributed by atoms with Crippen LogP contribution in [0.1, 0.15) is 45.1 Å². The summed E-state index contributed by atoms with van der Waals surface area (Å²) in [5, 5.41) is 18.4. The van der Waals surface area contributed by atoms with Gasteiger partial charge in [-0.25, -0.2) is 4.79 Å². The van der Waals surface area contributed by atoms with Crippen molar-refractivity contribution < 1.29 is 29.1 Å². The average molecular weight is 577 g/mol. The Hall–Kier alpha value is -3.58. The molecule has 12 nitrogen and oxygen atoms in total. The van der Waals surface area contributed by atoms with Crippen LogP contribution in [0.5, 0.6) is 0 Å². The molecule has 0 aliphatic heterocycles. The van der Waals surface area contributed by atoms with Gasteiger partial charge in [0, 0.05) is 29.9 Å². The number of nitrogens with one attached hydrogen (secondary N) is 4. The normalized spacial score (nSPS) is 14.2. The number of carboxylic acid groups (broad SMARTS) is 1. The number of para-hydroxylation sites is 1. The van der Waals surface area contributed by atoms with Crippen molar-refractivity contribution in [2.75, 3.05) is 12.0 Å². The van der Waals surface area contributed by atoms with E-state index in [1.165, 1.54) is 11.8 Å². The molecule has 0 fully saturated rings. The Morgan fingerprint density at radius 1 is 0.950 bits per heavy atom. The fourth-order valence-electron chi connectivity index (χ4n) is 4.22. The van der Waals surface area contributed by atoms with Gasteiger partial charge >= 0.3 is 5.97 Å². The van der Waals surface area contributed by atoms with Crippen LogP contribution >= 0.6 is 11.8 Å². The number of aliphatic carboxylic acids is 1. The number of hydrogen-bond acceptors (Lipinski definition) is 7. The molecular weight excluding hydrogens is 536 g/mol. The number of amides is 4. The minimum absolute atomic E-state index is 0.0122.